The van der Waals surface area contributed by atoms with Gasteiger partial charge in [-0.3, -0.25) is 14.4 Å². The van der Waals surface area contributed by atoms with Gasteiger partial charge < -0.3 is 15.0 Å². The van der Waals surface area contributed by atoms with E-state index in [0.29, 0.717) is 13.1 Å². The number of ether oxygens (including phenoxy) is 1. The van der Waals surface area contributed by atoms with Gasteiger partial charge in [-0.1, -0.05) is 36.8 Å². The standard InChI is InChI=1S/C22H28N2O4/c1-16(25)23-19(15-17-7-4-3-5-8-17)20(26)24-13-9-18(10-14-24)22(11-6-12-22)21(27)28-2/h3-5,7-8,15,18H,6,9-14H2,1-2H3,(H,23,25)/b19-15+. The Balaban J connectivity index is 1.69. The van der Waals surface area contributed by atoms with Crippen molar-refractivity contribution < 1.29 is 19.1 Å². The summed E-state index contributed by atoms with van der Waals surface area (Å²) in [7, 11) is 1.45. The molecule has 1 aromatic carbocycles. The zero-order valence-corrected chi connectivity index (χ0v) is 16.6. The number of rotatable bonds is 5. The van der Waals surface area contributed by atoms with Gasteiger partial charge in [0.15, 0.2) is 0 Å². The maximum Gasteiger partial charge on any atom is 0.312 e. The number of carbonyl (C=O) groups is 3. The lowest BCUT2D eigenvalue weighted by Crippen LogP contribution is -2.51. The number of benzene rings is 1. The highest BCUT2D eigenvalue weighted by Gasteiger charge is 2.51. The molecule has 6 heteroatoms. The molecule has 6 nitrogen and oxygen atoms in total. The second kappa shape index (κ2) is 8.59. The summed E-state index contributed by atoms with van der Waals surface area (Å²) < 4.78 is 5.06. The molecular formula is C22H28N2O4. The van der Waals surface area contributed by atoms with Gasteiger partial charge in [0, 0.05) is 20.0 Å². The Labute approximate surface area is 165 Å². The van der Waals surface area contributed by atoms with Crippen molar-refractivity contribution in [3.05, 3.63) is 41.6 Å². The molecule has 1 aromatic rings. The molecule has 0 unspecified atom stereocenters. The van der Waals surface area contributed by atoms with Crippen molar-refractivity contribution in [3.63, 3.8) is 0 Å². The van der Waals surface area contributed by atoms with Crippen molar-refractivity contribution in [1.82, 2.24) is 10.2 Å². The predicted molar refractivity (Wildman–Crippen MR) is 106 cm³/mol. The number of amides is 2. The molecule has 1 aliphatic heterocycles. The van der Waals surface area contributed by atoms with Gasteiger partial charge in [-0.15, -0.1) is 0 Å². The van der Waals surface area contributed by atoms with Crippen LogP contribution in [-0.2, 0) is 19.1 Å². The van der Waals surface area contributed by atoms with Crippen LogP contribution in [0.4, 0.5) is 0 Å². The molecule has 3 rings (SSSR count). The van der Waals surface area contributed by atoms with Crippen LogP contribution in [0.15, 0.2) is 36.0 Å². The number of nitrogens with zero attached hydrogens (tertiary/aromatic N) is 1. The average Bonchev–Trinajstić information content (AvgIpc) is 2.67. The predicted octanol–water partition coefficient (Wildman–Crippen LogP) is 2.75. The van der Waals surface area contributed by atoms with Crippen molar-refractivity contribution in [2.75, 3.05) is 20.2 Å². The Hall–Kier alpha value is -2.63. The van der Waals surface area contributed by atoms with Gasteiger partial charge >= 0.3 is 5.97 Å². The maximum atomic E-state index is 13.0. The Bertz CT molecular complexity index is 760. The number of likely N-dealkylation sites (tertiary alicyclic amines) is 1. The Morgan fingerprint density at radius 1 is 1.14 bits per heavy atom. The van der Waals surface area contributed by atoms with Crippen LogP contribution >= 0.6 is 0 Å². The Morgan fingerprint density at radius 2 is 1.79 bits per heavy atom. The maximum absolute atomic E-state index is 13.0. The molecule has 0 radical (unpaired) electrons. The first-order chi connectivity index (χ1) is 13.5. The topological polar surface area (TPSA) is 75.7 Å². The van der Waals surface area contributed by atoms with Crippen LogP contribution in [0.5, 0.6) is 0 Å². The Kier molecular flexibility index (Phi) is 6.17. The number of hydrogen-bond acceptors (Lipinski definition) is 4. The summed E-state index contributed by atoms with van der Waals surface area (Å²) in [5.41, 5.74) is 0.779. The van der Waals surface area contributed by atoms with Crippen LogP contribution in [0.1, 0.15) is 44.6 Å². The van der Waals surface area contributed by atoms with Gasteiger partial charge in [0.05, 0.1) is 12.5 Å². The van der Waals surface area contributed by atoms with E-state index in [4.69, 9.17) is 4.74 Å². The third-order valence-corrected chi connectivity index (χ3v) is 6.05. The number of methoxy groups -OCH3 is 1. The number of hydrogen-bond donors (Lipinski definition) is 1. The fraction of sp³-hybridized carbons (Fsp3) is 0.500. The second-order valence-corrected chi connectivity index (χ2v) is 7.72. The minimum absolute atomic E-state index is 0.105. The molecule has 2 aliphatic rings. The van der Waals surface area contributed by atoms with Gasteiger partial charge in [-0.2, -0.15) is 0 Å². The summed E-state index contributed by atoms with van der Waals surface area (Å²) in [4.78, 5) is 38.7. The molecule has 1 heterocycles. The molecule has 1 N–H and O–H groups in total. The summed E-state index contributed by atoms with van der Waals surface area (Å²) in [6, 6.07) is 9.45. The third-order valence-electron chi connectivity index (χ3n) is 6.05. The fourth-order valence-electron chi connectivity index (χ4n) is 4.40. The van der Waals surface area contributed by atoms with Crippen LogP contribution in [0.2, 0.25) is 0 Å². The monoisotopic (exact) mass is 384 g/mol. The molecule has 1 saturated heterocycles. The minimum Gasteiger partial charge on any atom is -0.469 e. The number of piperidine rings is 1. The molecule has 0 atom stereocenters. The molecule has 1 aliphatic carbocycles. The van der Waals surface area contributed by atoms with Crippen LogP contribution in [-0.4, -0.2) is 42.9 Å². The van der Waals surface area contributed by atoms with Crippen LogP contribution in [0, 0.1) is 11.3 Å². The zero-order chi connectivity index (χ0) is 20.1. The highest BCUT2D eigenvalue weighted by molar-refractivity contribution is 6.01. The van der Waals surface area contributed by atoms with Crippen molar-refractivity contribution in [3.8, 4) is 0 Å². The van der Waals surface area contributed by atoms with Crippen LogP contribution in [0.3, 0.4) is 0 Å². The van der Waals surface area contributed by atoms with Gasteiger partial charge in [-0.05, 0) is 43.2 Å². The van der Waals surface area contributed by atoms with Gasteiger partial charge in [-0.25, -0.2) is 0 Å². The summed E-state index contributed by atoms with van der Waals surface area (Å²) in [6.45, 7) is 2.55. The molecule has 1 saturated carbocycles. The zero-order valence-electron chi connectivity index (χ0n) is 16.6. The van der Waals surface area contributed by atoms with E-state index in [9.17, 15) is 14.4 Å². The number of nitrogens with one attached hydrogen (secondary N) is 1. The SMILES string of the molecule is COC(=O)C1(C2CCN(C(=O)/C(=C\c3ccccc3)NC(C)=O)CC2)CCC1. The lowest BCUT2D eigenvalue weighted by molar-refractivity contribution is -0.166. The second-order valence-electron chi connectivity index (χ2n) is 7.72. The van der Waals surface area contributed by atoms with Crippen molar-refractivity contribution in [2.24, 2.45) is 11.3 Å². The molecule has 150 valence electrons. The summed E-state index contributed by atoms with van der Waals surface area (Å²) >= 11 is 0. The first-order valence-electron chi connectivity index (χ1n) is 9.88. The van der Waals surface area contributed by atoms with E-state index in [-0.39, 0.29) is 34.8 Å². The van der Waals surface area contributed by atoms with E-state index in [1.54, 1.807) is 11.0 Å². The van der Waals surface area contributed by atoms with E-state index in [1.165, 1.54) is 14.0 Å². The lowest BCUT2D eigenvalue weighted by atomic mass is 9.58. The minimum atomic E-state index is -0.357. The number of esters is 1. The first-order valence-corrected chi connectivity index (χ1v) is 9.88. The van der Waals surface area contributed by atoms with Crippen LogP contribution < -0.4 is 5.32 Å². The van der Waals surface area contributed by atoms with E-state index in [2.05, 4.69) is 5.32 Å². The van der Waals surface area contributed by atoms with Crippen molar-refractivity contribution in [1.29, 1.82) is 0 Å². The smallest absolute Gasteiger partial charge is 0.312 e. The molecule has 0 spiro atoms. The molecular weight excluding hydrogens is 356 g/mol. The molecule has 28 heavy (non-hydrogen) atoms. The fourth-order valence-corrected chi connectivity index (χ4v) is 4.40. The van der Waals surface area contributed by atoms with E-state index in [1.807, 2.05) is 30.3 Å². The molecule has 2 amide bonds. The van der Waals surface area contributed by atoms with Gasteiger partial charge in [0.25, 0.3) is 5.91 Å². The third kappa shape index (κ3) is 4.11. The quantitative estimate of drug-likeness (QED) is 0.626. The summed E-state index contributed by atoms with van der Waals surface area (Å²) in [5.74, 6) is -0.311. The van der Waals surface area contributed by atoms with Crippen LogP contribution in [0.25, 0.3) is 6.08 Å². The van der Waals surface area contributed by atoms with Gasteiger partial charge in [0.2, 0.25) is 5.91 Å². The van der Waals surface area contributed by atoms with E-state index < -0.39 is 0 Å². The molecule has 0 bridgehead atoms. The largest absolute Gasteiger partial charge is 0.469 e. The van der Waals surface area contributed by atoms with E-state index in [0.717, 1.165) is 37.7 Å². The average molecular weight is 384 g/mol. The molecule has 2 fully saturated rings. The summed E-state index contributed by atoms with van der Waals surface area (Å²) in [6.07, 6.45) is 6.07. The first kappa shape index (κ1) is 20.1. The normalized spacial score (nSPS) is 19.5. The number of carbonyl (C=O) groups excluding carboxylic acids is 3. The van der Waals surface area contributed by atoms with E-state index >= 15 is 0 Å². The lowest BCUT2D eigenvalue weighted by Gasteiger charge is -2.48. The Morgan fingerprint density at radius 3 is 2.29 bits per heavy atom. The summed E-state index contributed by atoms with van der Waals surface area (Å²) in [5, 5.41) is 2.67. The molecule has 0 aromatic heterocycles. The van der Waals surface area contributed by atoms with Crippen molar-refractivity contribution in [2.45, 2.75) is 39.0 Å². The highest BCUT2D eigenvalue weighted by Crippen LogP contribution is 2.51. The van der Waals surface area contributed by atoms with Crippen molar-refractivity contribution >= 4 is 23.9 Å². The highest BCUT2D eigenvalue weighted by atomic mass is 16.5. The van der Waals surface area contributed by atoms with Gasteiger partial charge in [0.1, 0.15) is 5.70 Å².